The standard InChI is InChI=1S/C47H49N9O6/c1-61-46(59)53-40(28-11-5-3-6-12-28)44(57)55-21-9-15-38(55)42-49-26-36(51-42)33-20-18-30-23-32(19-17-31(30)24-33)34-25-35-37(27-48-34)52-43(50-35)39-16-10-22-56(39)45(58)41(54-47(60)62-2)29-13-7-4-8-14-29/h5-8,11-14,17-20,23-29,38-41H,3-4,9-10,15-16,21-22H2,1-2H3,(H,49,51)(H,50,52)(H,53,59)(H,54,60). The van der Waals surface area contributed by atoms with Crippen LogP contribution in [0.2, 0.25) is 0 Å². The van der Waals surface area contributed by atoms with Gasteiger partial charge in [0.25, 0.3) is 0 Å². The fraction of sp³-hybridized carbons (Fsp3) is 0.340. The molecule has 2 aliphatic carbocycles. The molecule has 2 saturated heterocycles. The van der Waals surface area contributed by atoms with E-state index >= 15 is 0 Å². The number of aromatic amines is 2. The predicted octanol–water partition coefficient (Wildman–Crippen LogP) is 7.21. The zero-order chi connectivity index (χ0) is 42.7. The molecule has 4 unspecified atom stereocenters. The number of pyridine rings is 1. The second-order valence-electron chi connectivity index (χ2n) is 16.1. The molecule has 4 aliphatic rings. The lowest BCUT2D eigenvalue weighted by Crippen LogP contribution is -2.51. The average Bonchev–Trinajstić information content (AvgIpc) is 4.16. The minimum absolute atomic E-state index is 0.169. The van der Waals surface area contributed by atoms with Gasteiger partial charge in [0.2, 0.25) is 11.8 Å². The molecule has 15 heteroatoms. The van der Waals surface area contributed by atoms with Crippen molar-refractivity contribution >= 4 is 45.8 Å². The molecule has 3 aromatic heterocycles. The van der Waals surface area contributed by atoms with Crippen molar-refractivity contribution in [3.8, 4) is 22.5 Å². The average molecular weight is 836 g/mol. The van der Waals surface area contributed by atoms with Crippen molar-refractivity contribution < 1.29 is 28.7 Å². The van der Waals surface area contributed by atoms with Gasteiger partial charge in [-0.3, -0.25) is 14.6 Å². The van der Waals surface area contributed by atoms with E-state index < -0.39 is 24.3 Å². The summed E-state index contributed by atoms with van der Waals surface area (Å²) >= 11 is 0. The van der Waals surface area contributed by atoms with Crippen LogP contribution in [0, 0.1) is 11.8 Å². The summed E-state index contributed by atoms with van der Waals surface area (Å²) in [5.41, 5.74) is 5.04. The number of H-pyrrole nitrogens is 2. The number of carbonyl (C=O) groups is 4. The lowest BCUT2D eigenvalue weighted by Gasteiger charge is -2.31. The van der Waals surface area contributed by atoms with E-state index in [1.54, 1.807) is 6.20 Å². The summed E-state index contributed by atoms with van der Waals surface area (Å²) in [6.45, 7) is 1.12. The highest BCUT2D eigenvalue weighted by Crippen LogP contribution is 2.36. The zero-order valence-corrected chi connectivity index (χ0v) is 34.6. The van der Waals surface area contributed by atoms with Crippen molar-refractivity contribution in [2.45, 2.75) is 62.7 Å². The van der Waals surface area contributed by atoms with E-state index in [0.29, 0.717) is 24.7 Å². The number of imidazole rings is 2. The number of amides is 4. The fourth-order valence-electron chi connectivity index (χ4n) is 9.15. The normalized spacial score (nSPS) is 19.9. The van der Waals surface area contributed by atoms with Crippen LogP contribution in [0.1, 0.15) is 62.3 Å². The summed E-state index contributed by atoms with van der Waals surface area (Å²) in [5, 5.41) is 7.61. The first-order valence-corrected chi connectivity index (χ1v) is 21.2. The predicted molar refractivity (Wildman–Crippen MR) is 233 cm³/mol. The molecule has 4 N–H and O–H groups in total. The van der Waals surface area contributed by atoms with Gasteiger partial charge in [0, 0.05) is 36.1 Å². The SMILES string of the molecule is COC(=O)NC(C(=O)N1CCCC1c1ncc(-c2ccc3cc(-c4cc5nc(C6CCCN6C(=O)C(NC(=O)OC)C6C=CCC=C6)[nH]c5cn4)ccc3c2)[nH]1)C1C=CCC=C1. The van der Waals surface area contributed by atoms with Crippen LogP contribution in [0.25, 0.3) is 44.3 Å². The van der Waals surface area contributed by atoms with Crippen LogP contribution in [-0.4, -0.2) is 98.1 Å². The Morgan fingerprint density at radius 1 is 0.677 bits per heavy atom. The van der Waals surface area contributed by atoms with Gasteiger partial charge in [-0.25, -0.2) is 19.6 Å². The number of benzene rings is 2. The van der Waals surface area contributed by atoms with E-state index in [1.165, 1.54) is 14.2 Å². The third-order valence-corrected chi connectivity index (χ3v) is 12.3. The maximum Gasteiger partial charge on any atom is 0.407 e. The number of methoxy groups -OCH3 is 2. The van der Waals surface area contributed by atoms with Crippen LogP contribution in [-0.2, 0) is 19.1 Å². The molecule has 2 aliphatic heterocycles. The largest absolute Gasteiger partial charge is 0.453 e. The number of carbonyl (C=O) groups excluding carboxylic acids is 4. The minimum atomic E-state index is -0.797. The Kier molecular flexibility index (Phi) is 11.4. The maximum absolute atomic E-state index is 14.0. The Labute approximate surface area is 358 Å². The first-order valence-electron chi connectivity index (χ1n) is 21.2. The van der Waals surface area contributed by atoms with E-state index in [0.717, 1.165) is 82.8 Å². The molecular weight excluding hydrogens is 787 g/mol. The number of likely N-dealkylation sites (tertiary alicyclic amines) is 2. The number of ether oxygens (including phenoxy) is 2. The van der Waals surface area contributed by atoms with Crippen LogP contribution in [0.4, 0.5) is 9.59 Å². The maximum atomic E-state index is 14.0. The Morgan fingerprint density at radius 2 is 1.23 bits per heavy atom. The molecule has 0 saturated carbocycles. The second kappa shape index (κ2) is 17.5. The summed E-state index contributed by atoms with van der Waals surface area (Å²) < 4.78 is 9.72. The number of hydrogen-bond acceptors (Lipinski definition) is 9. The van der Waals surface area contributed by atoms with Gasteiger partial charge in [0.05, 0.1) is 61.1 Å². The number of nitrogens with zero attached hydrogens (tertiary/aromatic N) is 5. The van der Waals surface area contributed by atoms with Gasteiger partial charge in [0.15, 0.2) is 0 Å². The van der Waals surface area contributed by atoms with Crippen molar-refractivity contribution in [2.24, 2.45) is 11.8 Å². The third-order valence-electron chi connectivity index (χ3n) is 12.3. The van der Waals surface area contributed by atoms with Crippen LogP contribution in [0.15, 0.2) is 103 Å². The Balaban J connectivity index is 0.908. The molecule has 4 atom stereocenters. The van der Waals surface area contributed by atoms with Crippen LogP contribution < -0.4 is 10.6 Å². The molecule has 2 aromatic carbocycles. The topological polar surface area (TPSA) is 188 Å². The number of nitrogens with one attached hydrogen (secondary N) is 4. The van der Waals surface area contributed by atoms with Crippen molar-refractivity contribution in [1.29, 1.82) is 0 Å². The van der Waals surface area contributed by atoms with E-state index in [4.69, 9.17) is 24.4 Å². The Hall–Kier alpha value is -7.03. The first-order chi connectivity index (χ1) is 30.3. The molecule has 15 nitrogen and oxygen atoms in total. The molecule has 318 valence electrons. The quantitative estimate of drug-likeness (QED) is 0.106. The molecule has 9 rings (SSSR count). The number of fused-ring (bicyclic) bond motifs is 2. The first kappa shape index (κ1) is 40.4. The lowest BCUT2D eigenvalue weighted by atomic mass is 9.93. The van der Waals surface area contributed by atoms with E-state index in [9.17, 15) is 19.2 Å². The molecule has 62 heavy (non-hydrogen) atoms. The van der Waals surface area contributed by atoms with Gasteiger partial charge in [-0.1, -0.05) is 72.9 Å². The van der Waals surface area contributed by atoms with Crippen molar-refractivity contribution in [1.82, 2.24) is 45.4 Å². The highest BCUT2D eigenvalue weighted by atomic mass is 16.5. The number of hydrogen-bond donors (Lipinski definition) is 4. The molecule has 0 radical (unpaired) electrons. The second-order valence-corrected chi connectivity index (χ2v) is 16.1. The summed E-state index contributed by atoms with van der Waals surface area (Å²) in [4.78, 5) is 77.6. The summed E-state index contributed by atoms with van der Waals surface area (Å²) in [6, 6.07) is 12.3. The third kappa shape index (κ3) is 8.09. The van der Waals surface area contributed by atoms with Crippen molar-refractivity contribution in [2.75, 3.05) is 27.3 Å². The van der Waals surface area contributed by atoms with Crippen LogP contribution in [0.3, 0.4) is 0 Å². The molecule has 2 fully saturated rings. The summed E-state index contributed by atoms with van der Waals surface area (Å²) in [7, 11) is 2.59. The van der Waals surface area contributed by atoms with Gasteiger partial charge in [-0.15, -0.1) is 0 Å². The van der Waals surface area contributed by atoms with Crippen LogP contribution >= 0.6 is 0 Å². The summed E-state index contributed by atoms with van der Waals surface area (Å²) in [6.07, 6.45) is 22.8. The van der Waals surface area contributed by atoms with E-state index in [-0.39, 0.29) is 35.7 Å². The van der Waals surface area contributed by atoms with Crippen molar-refractivity contribution in [3.63, 3.8) is 0 Å². The molecule has 4 amide bonds. The van der Waals surface area contributed by atoms with Gasteiger partial charge in [-0.2, -0.15) is 0 Å². The summed E-state index contributed by atoms with van der Waals surface area (Å²) in [5.74, 6) is 0.493. The van der Waals surface area contributed by atoms with Crippen LogP contribution in [0.5, 0.6) is 0 Å². The smallest absolute Gasteiger partial charge is 0.407 e. The number of allylic oxidation sites excluding steroid dienone is 4. The number of aromatic nitrogens is 5. The molecule has 0 spiro atoms. The molecule has 5 aromatic rings. The van der Waals surface area contributed by atoms with Gasteiger partial charge >= 0.3 is 12.2 Å². The molecule has 0 bridgehead atoms. The number of rotatable bonds is 10. The van der Waals surface area contributed by atoms with Crippen molar-refractivity contribution in [3.05, 3.63) is 115 Å². The minimum Gasteiger partial charge on any atom is -0.453 e. The van der Waals surface area contributed by atoms with E-state index in [2.05, 4.69) is 50.9 Å². The van der Waals surface area contributed by atoms with E-state index in [1.807, 2.05) is 76.7 Å². The highest BCUT2D eigenvalue weighted by Gasteiger charge is 2.40. The Bertz CT molecular complexity index is 2620. The van der Waals surface area contributed by atoms with Gasteiger partial charge < -0.3 is 39.9 Å². The van der Waals surface area contributed by atoms with Gasteiger partial charge in [-0.05, 0) is 67.5 Å². The number of alkyl carbamates (subject to hydrolysis) is 2. The zero-order valence-electron chi connectivity index (χ0n) is 34.6. The molecule has 5 heterocycles. The highest BCUT2D eigenvalue weighted by molar-refractivity contribution is 5.92. The monoisotopic (exact) mass is 835 g/mol. The van der Waals surface area contributed by atoms with Gasteiger partial charge in [0.1, 0.15) is 23.7 Å². The fourth-order valence-corrected chi connectivity index (χ4v) is 9.15. The lowest BCUT2D eigenvalue weighted by molar-refractivity contribution is -0.135. The Morgan fingerprint density at radius 3 is 1.81 bits per heavy atom. The molecular formula is C47H49N9O6.